The smallest absolute Gasteiger partial charge is 0.239 e. The van der Waals surface area contributed by atoms with Gasteiger partial charge in [0.15, 0.2) is 5.76 Å². The van der Waals surface area contributed by atoms with Crippen LogP contribution in [-0.2, 0) is 4.74 Å². The van der Waals surface area contributed by atoms with Gasteiger partial charge in [-0.2, -0.15) is 0 Å². The van der Waals surface area contributed by atoms with Crippen LogP contribution in [-0.4, -0.2) is 75.1 Å². The molecule has 0 spiro atoms. The van der Waals surface area contributed by atoms with E-state index in [9.17, 15) is 35.4 Å². The second-order valence-electron chi connectivity index (χ2n) is 7.47. The molecule has 0 aliphatic carbocycles. The molecule has 2 heterocycles. The average Bonchev–Trinajstić information content (AvgIpc) is 2.80. The molecule has 1 aromatic heterocycles. The molecule has 11 nitrogen and oxygen atoms in total. The van der Waals surface area contributed by atoms with Crippen LogP contribution in [0.2, 0.25) is 0 Å². The fourth-order valence-corrected chi connectivity index (χ4v) is 3.57. The first-order chi connectivity index (χ1) is 15.7. The minimum Gasteiger partial charge on any atom is -0.508 e. The van der Waals surface area contributed by atoms with Gasteiger partial charge < -0.3 is 49.3 Å². The number of phenols is 2. The molecule has 4 rings (SSSR count). The highest BCUT2D eigenvalue weighted by Crippen LogP contribution is 2.37. The first kappa shape index (κ1) is 22.8. The van der Waals surface area contributed by atoms with Gasteiger partial charge in [0.1, 0.15) is 52.6 Å². The maximum absolute atomic E-state index is 13.4. The number of rotatable bonds is 5. The zero-order valence-corrected chi connectivity index (χ0v) is 17.3. The Morgan fingerprint density at radius 3 is 2.33 bits per heavy atom. The van der Waals surface area contributed by atoms with Crippen LogP contribution in [0.3, 0.4) is 0 Å². The van der Waals surface area contributed by atoms with Crippen molar-refractivity contribution in [1.82, 2.24) is 0 Å². The number of aliphatic hydroxyl groups is 4. The number of hydrogen-bond acceptors (Lipinski definition) is 11. The first-order valence-corrected chi connectivity index (χ1v) is 9.89. The maximum atomic E-state index is 13.4. The number of ether oxygens (including phenoxy) is 3. The van der Waals surface area contributed by atoms with Crippen molar-refractivity contribution in [3.8, 4) is 34.3 Å². The molecule has 0 unspecified atom stereocenters. The molecule has 176 valence electrons. The summed E-state index contributed by atoms with van der Waals surface area (Å²) >= 11 is 0. The van der Waals surface area contributed by atoms with Crippen molar-refractivity contribution in [2.75, 3.05) is 13.7 Å². The Hall–Kier alpha value is -3.35. The highest BCUT2D eigenvalue weighted by Gasteiger charge is 2.45. The van der Waals surface area contributed by atoms with Gasteiger partial charge in [-0.25, -0.2) is 0 Å². The van der Waals surface area contributed by atoms with E-state index in [1.807, 2.05) is 0 Å². The molecule has 0 bridgehead atoms. The molecular formula is C22H22O11. The van der Waals surface area contributed by atoms with Gasteiger partial charge in [0.25, 0.3) is 0 Å². The molecule has 0 radical (unpaired) electrons. The van der Waals surface area contributed by atoms with Gasteiger partial charge in [0.2, 0.25) is 17.5 Å². The van der Waals surface area contributed by atoms with Crippen LogP contribution in [0.1, 0.15) is 0 Å². The van der Waals surface area contributed by atoms with Gasteiger partial charge in [-0.3, -0.25) is 4.79 Å². The summed E-state index contributed by atoms with van der Waals surface area (Å²) in [6.07, 6.45) is -8.07. The lowest BCUT2D eigenvalue weighted by Crippen LogP contribution is -2.60. The molecule has 1 aliphatic rings. The van der Waals surface area contributed by atoms with E-state index in [4.69, 9.17) is 18.6 Å². The molecule has 0 saturated carbocycles. The summed E-state index contributed by atoms with van der Waals surface area (Å²) in [5.74, 6) is -0.871. The van der Waals surface area contributed by atoms with Crippen LogP contribution in [0, 0.1) is 0 Å². The van der Waals surface area contributed by atoms with Crippen molar-refractivity contribution in [1.29, 1.82) is 0 Å². The Kier molecular flexibility index (Phi) is 6.15. The Morgan fingerprint density at radius 2 is 1.70 bits per heavy atom. The molecule has 1 fully saturated rings. The fraction of sp³-hybridized carbons (Fsp3) is 0.318. The molecule has 33 heavy (non-hydrogen) atoms. The lowest BCUT2D eigenvalue weighted by atomic mass is 9.99. The molecule has 0 amide bonds. The number of fused-ring (bicyclic) bond motifs is 1. The molecular weight excluding hydrogens is 440 g/mol. The van der Waals surface area contributed by atoms with Gasteiger partial charge in [0, 0.05) is 17.7 Å². The molecule has 2 aromatic carbocycles. The zero-order valence-electron chi connectivity index (χ0n) is 17.3. The van der Waals surface area contributed by atoms with Crippen LogP contribution in [0.4, 0.5) is 0 Å². The molecule has 6 N–H and O–H groups in total. The lowest BCUT2D eigenvalue weighted by molar-refractivity contribution is -0.277. The van der Waals surface area contributed by atoms with Gasteiger partial charge >= 0.3 is 0 Å². The van der Waals surface area contributed by atoms with Crippen molar-refractivity contribution in [2.45, 2.75) is 30.7 Å². The van der Waals surface area contributed by atoms with Crippen LogP contribution in [0.15, 0.2) is 45.6 Å². The number of aromatic hydroxyl groups is 2. The minimum atomic E-state index is -1.78. The van der Waals surface area contributed by atoms with Gasteiger partial charge in [-0.05, 0) is 24.3 Å². The van der Waals surface area contributed by atoms with E-state index in [0.29, 0.717) is 5.56 Å². The monoisotopic (exact) mass is 462 g/mol. The third-order valence-electron chi connectivity index (χ3n) is 5.35. The summed E-state index contributed by atoms with van der Waals surface area (Å²) in [6.45, 7) is -0.692. The topological polar surface area (TPSA) is 179 Å². The van der Waals surface area contributed by atoms with E-state index in [0.717, 1.165) is 0 Å². The molecule has 1 saturated heterocycles. The highest BCUT2D eigenvalue weighted by molar-refractivity contribution is 5.88. The second-order valence-corrected chi connectivity index (χ2v) is 7.47. The Labute approximate surface area is 186 Å². The predicted octanol–water partition coefficient (Wildman–Crippen LogP) is 0.0585. The van der Waals surface area contributed by atoms with Gasteiger partial charge in [-0.1, -0.05) is 0 Å². The summed E-state index contributed by atoms with van der Waals surface area (Å²) in [5.41, 5.74) is -0.550. The highest BCUT2D eigenvalue weighted by atomic mass is 16.7. The van der Waals surface area contributed by atoms with Crippen molar-refractivity contribution >= 4 is 11.0 Å². The SMILES string of the molecule is COc1cc(O)c2c(=O)c(O[C@@H]3O[C@H](CO)[C@@H](O)[C@H](O)[C@H]3O)c(-c3ccc(O)cc3)oc2c1. The Bertz CT molecular complexity index is 1200. The lowest BCUT2D eigenvalue weighted by Gasteiger charge is -2.39. The van der Waals surface area contributed by atoms with E-state index in [1.54, 1.807) is 0 Å². The van der Waals surface area contributed by atoms with E-state index in [-0.39, 0.29) is 28.2 Å². The van der Waals surface area contributed by atoms with Crippen LogP contribution in [0.25, 0.3) is 22.3 Å². The molecule has 3 aromatic rings. The quantitative estimate of drug-likeness (QED) is 0.302. The van der Waals surface area contributed by atoms with E-state index in [2.05, 4.69) is 0 Å². The zero-order chi connectivity index (χ0) is 23.9. The summed E-state index contributed by atoms with van der Waals surface area (Å²) in [5, 5.41) is 59.5. The average molecular weight is 462 g/mol. The van der Waals surface area contributed by atoms with Crippen molar-refractivity contribution in [2.24, 2.45) is 0 Å². The number of hydrogen-bond donors (Lipinski definition) is 6. The number of methoxy groups -OCH3 is 1. The largest absolute Gasteiger partial charge is 0.508 e. The summed E-state index contributed by atoms with van der Waals surface area (Å²) in [4.78, 5) is 13.4. The predicted molar refractivity (Wildman–Crippen MR) is 112 cm³/mol. The first-order valence-electron chi connectivity index (χ1n) is 9.89. The minimum absolute atomic E-state index is 0.0268. The Morgan fingerprint density at radius 1 is 1.00 bits per heavy atom. The third-order valence-corrected chi connectivity index (χ3v) is 5.35. The molecule has 5 atom stereocenters. The Balaban J connectivity index is 1.89. The van der Waals surface area contributed by atoms with Crippen LogP contribution in [0.5, 0.6) is 23.0 Å². The molecule has 11 heteroatoms. The van der Waals surface area contributed by atoms with Crippen molar-refractivity contribution < 1.29 is 49.3 Å². The summed E-state index contributed by atoms with van der Waals surface area (Å²) in [7, 11) is 1.37. The summed E-state index contributed by atoms with van der Waals surface area (Å²) < 4.78 is 21.9. The number of phenolic OH excluding ortho intramolecular Hbond substituents is 2. The number of benzene rings is 2. The molecule has 1 aliphatic heterocycles. The van der Waals surface area contributed by atoms with Crippen LogP contribution < -0.4 is 14.9 Å². The third kappa shape index (κ3) is 4.08. The summed E-state index contributed by atoms with van der Waals surface area (Å²) in [6, 6.07) is 8.18. The van der Waals surface area contributed by atoms with Crippen LogP contribution >= 0.6 is 0 Å². The normalized spacial score (nSPS) is 25.2. The van der Waals surface area contributed by atoms with Gasteiger partial charge in [-0.15, -0.1) is 0 Å². The standard InChI is InChI=1S/C22H22O11/c1-30-11-6-12(25)15-13(7-11)31-20(9-2-4-10(24)5-3-9)21(17(15)27)33-22-19(29)18(28)16(26)14(8-23)32-22/h2-7,14,16,18-19,22-26,28-29H,8H2,1H3/t14-,16-,18+,19-,22+/m1/s1. The maximum Gasteiger partial charge on any atom is 0.239 e. The fourth-order valence-electron chi connectivity index (χ4n) is 3.57. The second kappa shape index (κ2) is 8.89. The van der Waals surface area contributed by atoms with E-state index >= 15 is 0 Å². The van der Waals surface area contributed by atoms with E-state index < -0.39 is 54.2 Å². The van der Waals surface area contributed by atoms with Crippen molar-refractivity contribution in [3.63, 3.8) is 0 Å². The number of aliphatic hydroxyl groups excluding tert-OH is 4. The van der Waals surface area contributed by atoms with E-state index in [1.165, 1.54) is 43.5 Å². The van der Waals surface area contributed by atoms with Crippen molar-refractivity contribution in [3.05, 3.63) is 46.6 Å². The van der Waals surface area contributed by atoms with Gasteiger partial charge in [0.05, 0.1) is 13.7 Å².